The van der Waals surface area contributed by atoms with E-state index < -0.39 is 41.2 Å². The first-order valence-electron chi connectivity index (χ1n) is 13.8. The number of rotatable bonds is 18. The summed E-state index contributed by atoms with van der Waals surface area (Å²) in [7, 11) is 11.0. The molecule has 2 rings (SSSR count). The molecule has 222 valence electrons. The van der Waals surface area contributed by atoms with Gasteiger partial charge in [0.25, 0.3) is 0 Å². The molecule has 0 spiro atoms. The van der Waals surface area contributed by atoms with Gasteiger partial charge in [0.15, 0.2) is 0 Å². The number of carbonyl (C=O) groups excluding carboxylic acids is 4. The highest BCUT2D eigenvalue weighted by Gasteiger charge is 2.28. The van der Waals surface area contributed by atoms with Crippen molar-refractivity contribution in [3.8, 4) is 0 Å². The largest absolute Gasteiger partial charge is 0.470 e. The van der Waals surface area contributed by atoms with Gasteiger partial charge < -0.3 is 36.9 Å². The molecule has 2 aromatic carbocycles. The lowest BCUT2D eigenvalue weighted by molar-refractivity contribution is -0.131. The summed E-state index contributed by atoms with van der Waals surface area (Å²) in [6.07, 6.45) is 2.02. The Kier molecular flexibility index (Phi) is 14.8. The van der Waals surface area contributed by atoms with Crippen LogP contribution in [0.25, 0.3) is 0 Å². The Hall–Kier alpha value is -3.67. The van der Waals surface area contributed by atoms with Crippen molar-refractivity contribution in [2.75, 3.05) is 18.6 Å². The molecule has 1 unspecified atom stereocenters. The predicted octanol–water partition coefficient (Wildman–Crippen LogP) is 1.37. The Morgan fingerprint density at radius 3 is 2.21 bits per heavy atom. The van der Waals surface area contributed by atoms with Crippen LogP contribution >= 0.6 is 0 Å². The van der Waals surface area contributed by atoms with Gasteiger partial charge in [0.2, 0.25) is 31.4 Å². The Morgan fingerprint density at radius 2 is 1.60 bits per heavy atom. The fourth-order valence-corrected chi connectivity index (χ4v) is 4.05. The normalized spacial score (nSPS) is 13.7. The van der Waals surface area contributed by atoms with Crippen LogP contribution in [0.5, 0.6) is 0 Å². The molecule has 0 aliphatic heterocycles. The second-order valence-corrected chi connectivity index (χ2v) is 10.1. The zero-order chi connectivity index (χ0) is 31.0. The molecule has 2 aromatic rings. The minimum Gasteiger partial charge on any atom is -0.470 e. The molecule has 11 nitrogen and oxygen atoms in total. The van der Waals surface area contributed by atoms with Crippen LogP contribution in [0.15, 0.2) is 54.6 Å². The third-order valence-electron chi connectivity index (χ3n) is 6.38. The van der Waals surface area contributed by atoms with Crippen molar-refractivity contribution >= 4 is 45.0 Å². The summed E-state index contributed by atoms with van der Waals surface area (Å²) in [5.74, 6) is -2.21. The zero-order valence-electron chi connectivity index (χ0n) is 24.0. The second kappa shape index (κ2) is 18.0. The minimum absolute atomic E-state index is 0.000415. The Bertz CT molecular complexity index is 1150. The summed E-state index contributed by atoms with van der Waals surface area (Å²) in [5.41, 5.74) is 12.0. The second-order valence-electron chi connectivity index (χ2n) is 10.1. The van der Waals surface area contributed by atoms with Crippen LogP contribution in [0.4, 0.5) is 10.5 Å². The van der Waals surface area contributed by atoms with Crippen LogP contribution < -0.4 is 27.4 Å². The van der Waals surface area contributed by atoms with E-state index in [1.807, 2.05) is 30.3 Å². The first kappa shape index (κ1) is 34.5. The van der Waals surface area contributed by atoms with Crippen LogP contribution in [-0.2, 0) is 36.9 Å². The van der Waals surface area contributed by atoms with Gasteiger partial charge in [-0.15, -0.1) is 0 Å². The summed E-state index contributed by atoms with van der Waals surface area (Å²) in [6.45, 7) is 1.97. The molecule has 0 heterocycles. The number of hydrogen-bond acceptors (Lipinski definition) is 8. The first-order valence-corrected chi connectivity index (χ1v) is 13.8. The van der Waals surface area contributed by atoms with Crippen LogP contribution in [0.1, 0.15) is 50.2 Å². The zero-order valence-corrected chi connectivity index (χ0v) is 24.0. The molecule has 0 saturated heterocycles. The fourth-order valence-electron chi connectivity index (χ4n) is 4.05. The monoisotopic (exact) mass is 575 g/mol. The van der Waals surface area contributed by atoms with Crippen molar-refractivity contribution in [3.63, 3.8) is 0 Å². The van der Waals surface area contributed by atoms with E-state index >= 15 is 0 Å². The van der Waals surface area contributed by atoms with Gasteiger partial charge >= 0.3 is 0 Å². The van der Waals surface area contributed by atoms with Crippen molar-refractivity contribution in [2.24, 2.45) is 11.5 Å². The highest BCUT2D eigenvalue weighted by molar-refractivity contribution is 6.55. The lowest BCUT2D eigenvalue weighted by Crippen LogP contribution is -2.53. The van der Waals surface area contributed by atoms with Gasteiger partial charge in [-0.3, -0.25) is 19.2 Å². The number of anilines is 1. The molecule has 0 bridgehead atoms. The van der Waals surface area contributed by atoms with Crippen LogP contribution in [-0.4, -0.2) is 70.1 Å². The molecule has 13 heteroatoms. The molecule has 0 saturated carbocycles. The number of carbonyl (C=O) groups is 4. The van der Waals surface area contributed by atoms with Crippen molar-refractivity contribution in [3.05, 3.63) is 65.7 Å². The number of hydrogen-bond donors (Lipinski definition) is 5. The number of unbranched alkanes of at least 4 members (excludes halogenated alkanes) is 1. The van der Waals surface area contributed by atoms with Crippen LogP contribution in [0.2, 0.25) is 0 Å². The van der Waals surface area contributed by atoms with E-state index in [1.165, 1.54) is 0 Å². The van der Waals surface area contributed by atoms with E-state index in [9.17, 15) is 19.2 Å². The third kappa shape index (κ3) is 13.3. The summed E-state index contributed by atoms with van der Waals surface area (Å²) in [5, 5.41) is 8.39. The maximum atomic E-state index is 13.5. The molecule has 3 amide bonds. The Morgan fingerprint density at radius 1 is 0.905 bits per heavy atom. The van der Waals surface area contributed by atoms with Gasteiger partial charge in [0, 0.05) is 24.0 Å². The topological polar surface area (TPSA) is 175 Å². The average Bonchev–Trinajstić information content (AvgIpc) is 2.95. The smallest absolute Gasteiger partial charge is 0.246 e. The molecule has 0 aliphatic carbocycles. The summed E-state index contributed by atoms with van der Waals surface area (Å²) in [6, 6.07) is 14.0. The molecule has 0 aromatic heterocycles. The molecule has 42 heavy (non-hydrogen) atoms. The van der Waals surface area contributed by atoms with Crippen molar-refractivity contribution in [2.45, 2.75) is 69.6 Å². The molecule has 0 fully saturated rings. The molecule has 3 atom stereocenters. The maximum absolute atomic E-state index is 13.5. The fraction of sp³-hybridized carbons (Fsp3) is 0.448. The molecular weight excluding hydrogens is 536 g/mol. The number of nitrogens with one attached hydrogen (secondary N) is 3. The Labute approximate surface area is 249 Å². The van der Waals surface area contributed by atoms with E-state index in [2.05, 4.69) is 16.0 Å². The van der Waals surface area contributed by atoms with Gasteiger partial charge in [-0.25, -0.2) is 0 Å². The van der Waals surface area contributed by atoms with E-state index in [0.717, 1.165) is 5.56 Å². The number of benzene rings is 2. The average molecular weight is 575 g/mol. The number of nitrogens with two attached hydrogens (primary N) is 2. The predicted molar refractivity (Wildman–Crippen MR) is 161 cm³/mol. The standard InChI is InChI=1S/C29H39B2N5O6/c1-29(31,42-19-33)15-14-25(37)35-24(17-20-7-3-2-4-8-20)27(39)36-23(9-5-6-16-32)26(38)34-22-12-10-21(11-13-22)18-41-28(30)40/h2-4,7-8,10-13,23-24H,5-6,9,14-19,32-33H2,1H3,(H,34,38)(H,35,37)(H,36,39)/t23-,24-,29?/m0/s1. The Balaban J connectivity index is 2.14. The summed E-state index contributed by atoms with van der Waals surface area (Å²) in [4.78, 5) is 50.4. The minimum atomic E-state index is -1.09. The number of amides is 3. The number of ether oxygens (including phenoxy) is 2. The van der Waals surface area contributed by atoms with Crippen molar-refractivity contribution in [1.82, 2.24) is 10.6 Å². The lowest BCUT2D eigenvalue weighted by Gasteiger charge is -2.26. The van der Waals surface area contributed by atoms with Gasteiger partial charge in [-0.05, 0) is 62.4 Å². The van der Waals surface area contributed by atoms with Gasteiger partial charge in [-0.1, -0.05) is 42.5 Å². The van der Waals surface area contributed by atoms with Crippen LogP contribution in [0.3, 0.4) is 0 Å². The third-order valence-corrected chi connectivity index (χ3v) is 6.38. The molecule has 4 radical (unpaired) electrons. The van der Waals surface area contributed by atoms with Gasteiger partial charge in [0.1, 0.15) is 26.5 Å². The molecule has 7 N–H and O–H groups in total. The summed E-state index contributed by atoms with van der Waals surface area (Å²) >= 11 is 0. The molecular formula is C29H39B2N5O6. The maximum Gasteiger partial charge on any atom is 0.246 e. The van der Waals surface area contributed by atoms with Gasteiger partial charge in [-0.2, -0.15) is 0 Å². The van der Waals surface area contributed by atoms with E-state index in [-0.39, 0.29) is 32.6 Å². The van der Waals surface area contributed by atoms with Crippen molar-refractivity contribution < 1.29 is 28.7 Å². The van der Waals surface area contributed by atoms with E-state index in [4.69, 9.17) is 36.6 Å². The molecule has 0 aliphatic rings. The van der Waals surface area contributed by atoms with Crippen LogP contribution in [0, 0.1) is 0 Å². The lowest BCUT2D eigenvalue weighted by atomic mass is 9.79. The van der Waals surface area contributed by atoms with Crippen molar-refractivity contribution in [1.29, 1.82) is 0 Å². The highest BCUT2D eigenvalue weighted by Crippen LogP contribution is 2.14. The van der Waals surface area contributed by atoms with E-state index in [0.29, 0.717) is 37.1 Å². The SMILES string of the molecule is [B]C(=O)OCc1ccc(NC(=O)[C@H](CCCCN)NC(=O)[C@H](Cc2ccccc2)NC(=O)CCC([B])(C)OCN)cc1. The first-order chi connectivity index (χ1) is 20.0. The highest BCUT2D eigenvalue weighted by atomic mass is 16.5. The van der Waals surface area contributed by atoms with E-state index in [1.54, 1.807) is 31.2 Å². The van der Waals surface area contributed by atoms with Gasteiger partial charge in [0.05, 0.1) is 6.73 Å². The summed E-state index contributed by atoms with van der Waals surface area (Å²) < 4.78 is 10.0. The quantitative estimate of drug-likeness (QED) is 0.101.